The summed E-state index contributed by atoms with van der Waals surface area (Å²) in [6.07, 6.45) is 2.54. The third-order valence-electron chi connectivity index (χ3n) is 2.26. The van der Waals surface area contributed by atoms with Gasteiger partial charge in [-0.2, -0.15) is 0 Å². The molecule has 0 bridgehead atoms. The van der Waals surface area contributed by atoms with Gasteiger partial charge < -0.3 is 10.1 Å². The topological polar surface area (TPSA) is 115 Å². The molecule has 1 aliphatic heterocycles. The van der Waals surface area contributed by atoms with Gasteiger partial charge in [0.05, 0.1) is 11.8 Å². The minimum atomic E-state index is -3.19. The van der Waals surface area contributed by atoms with Gasteiger partial charge in [-0.1, -0.05) is 0 Å². The number of sulfone groups is 1. The third-order valence-corrected chi connectivity index (χ3v) is 3.85. The number of aromatic nitrogens is 2. The summed E-state index contributed by atoms with van der Waals surface area (Å²) in [7, 11) is -3.19. The van der Waals surface area contributed by atoms with Crippen molar-refractivity contribution in [1.82, 2.24) is 9.97 Å². The third kappa shape index (κ3) is 2.74. The maximum absolute atomic E-state index is 11.5. The number of aromatic amines is 2. The van der Waals surface area contributed by atoms with E-state index in [1.165, 1.54) is 6.08 Å². The lowest BCUT2D eigenvalue weighted by Gasteiger charge is -2.00. The average molecular weight is 287 g/mol. The molecule has 0 saturated carbocycles. The second-order valence-electron chi connectivity index (χ2n) is 3.67. The predicted molar refractivity (Wildman–Crippen MR) is 68.2 cm³/mol. The van der Waals surface area contributed by atoms with Crippen molar-refractivity contribution in [3.8, 4) is 5.88 Å². The summed E-state index contributed by atoms with van der Waals surface area (Å²) in [5, 5.41) is 10.6. The zero-order chi connectivity index (χ0) is 13.3. The van der Waals surface area contributed by atoms with E-state index in [0.717, 1.165) is 11.6 Å². The van der Waals surface area contributed by atoms with Gasteiger partial charge in [0.2, 0.25) is 5.88 Å². The van der Waals surface area contributed by atoms with Crippen LogP contribution < -0.4 is 5.56 Å². The summed E-state index contributed by atoms with van der Waals surface area (Å²) in [6, 6.07) is -0.544. The molecule has 1 aliphatic rings. The monoisotopic (exact) mass is 287 g/mol. The van der Waals surface area contributed by atoms with E-state index >= 15 is 0 Å². The second kappa shape index (κ2) is 4.50. The van der Waals surface area contributed by atoms with Crippen molar-refractivity contribution >= 4 is 28.3 Å². The van der Waals surface area contributed by atoms with Gasteiger partial charge >= 0.3 is 0 Å². The zero-order valence-corrected chi connectivity index (χ0v) is 10.6. The largest absolute Gasteiger partial charge is 0.494 e. The highest BCUT2D eigenvalue weighted by molar-refractivity contribution is 7.94. The summed E-state index contributed by atoms with van der Waals surface area (Å²) in [5.41, 5.74) is -0.689. The van der Waals surface area contributed by atoms with Crippen LogP contribution >= 0.6 is 12.2 Å². The number of hydrogen-bond donors (Lipinski definition) is 3. The highest BCUT2D eigenvalue weighted by atomic mass is 32.2. The molecule has 18 heavy (non-hydrogen) atoms. The van der Waals surface area contributed by atoms with Gasteiger partial charge in [-0.3, -0.25) is 14.8 Å². The van der Waals surface area contributed by atoms with Gasteiger partial charge in [-0.05, 0) is 18.3 Å². The summed E-state index contributed by atoms with van der Waals surface area (Å²) in [4.78, 5) is 20.0. The molecule has 0 amide bonds. The van der Waals surface area contributed by atoms with E-state index in [0.29, 0.717) is 0 Å². The van der Waals surface area contributed by atoms with E-state index in [1.807, 2.05) is 0 Å². The van der Waals surface area contributed by atoms with Crippen LogP contribution in [0.25, 0.3) is 0 Å². The molecule has 2 rings (SSSR count). The van der Waals surface area contributed by atoms with E-state index in [4.69, 9.17) is 0 Å². The smallest absolute Gasteiger partial charge is 0.264 e. The van der Waals surface area contributed by atoms with Gasteiger partial charge in [0, 0.05) is 11.6 Å². The quantitative estimate of drug-likeness (QED) is 0.517. The molecule has 7 nitrogen and oxygen atoms in total. The Morgan fingerprint density at radius 3 is 2.78 bits per heavy atom. The Morgan fingerprint density at radius 2 is 2.22 bits per heavy atom. The standard InChI is InChI=1S/C9H9N3O4S2/c13-7-6(8(14)12-9(17)11-7)3-10-5-1-2-18(15,16)4-5/h1-3,5H,4H2,(H3,11,12,13,14,17)/t5-/m1/s1. The Bertz CT molecular complexity index is 742. The first kappa shape index (κ1) is 12.7. The summed E-state index contributed by atoms with van der Waals surface area (Å²) < 4.78 is 22.3. The van der Waals surface area contributed by atoms with Crippen LogP contribution in [0.3, 0.4) is 0 Å². The van der Waals surface area contributed by atoms with Gasteiger partial charge in [0.1, 0.15) is 5.56 Å². The van der Waals surface area contributed by atoms with Gasteiger partial charge in [0.15, 0.2) is 14.6 Å². The van der Waals surface area contributed by atoms with Crippen molar-refractivity contribution in [3.63, 3.8) is 0 Å². The van der Waals surface area contributed by atoms with Gasteiger partial charge in [-0.25, -0.2) is 8.42 Å². The van der Waals surface area contributed by atoms with Gasteiger partial charge in [-0.15, -0.1) is 0 Å². The normalized spacial score (nSPS) is 21.7. The lowest BCUT2D eigenvalue weighted by atomic mass is 10.3. The number of hydrogen-bond acceptors (Lipinski definition) is 6. The lowest BCUT2D eigenvalue weighted by Crippen LogP contribution is -2.15. The van der Waals surface area contributed by atoms with Crippen molar-refractivity contribution in [2.75, 3.05) is 5.75 Å². The molecule has 3 N–H and O–H groups in total. The van der Waals surface area contributed by atoms with Crippen LogP contribution in [0.5, 0.6) is 5.88 Å². The molecule has 0 unspecified atom stereocenters. The number of rotatable bonds is 2. The van der Waals surface area contributed by atoms with Gasteiger partial charge in [0.25, 0.3) is 5.56 Å². The molecule has 1 aromatic heterocycles. The molecule has 9 heteroatoms. The predicted octanol–water partition coefficient (Wildman–Crippen LogP) is -0.132. The van der Waals surface area contributed by atoms with Crippen LogP contribution in [0.15, 0.2) is 21.3 Å². The summed E-state index contributed by atoms with van der Waals surface area (Å²) >= 11 is 4.66. The van der Waals surface area contributed by atoms with E-state index in [1.54, 1.807) is 0 Å². The number of H-pyrrole nitrogens is 2. The molecule has 0 fully saturated rings. The zero-order valence-electron chi connectivity index (χ0n) is 8.95. The number of nitrogens with zero attached hydrogens (tertiary/aromatic N) is 1. The van der Waals surface area contributed by atoms with Crippen molar-refractivity contribution in [3.05, 3.63) is 32.2 Å². The molecule has 0 aliphatic carbocycles. The van der Waals surface area contributed by atoms with Crippen molar-refractivity contribution in [2.24, 2.45) is 4.99 Å². The molecule has 2 heterocycles. The molecule has 0 radical (unpaired) electrons. The average Bonchev–Trinajstić information content (AvgIpc) is 2.56. The fraction of sp³-hybridized carbons (Fsp3) is 0.222. The second-order valence-corrected chi connectivity index (χ2v) is 6.01. The maximum atomic E-state index is 11.5. The Morgan fingerprint density at radius 1 is 1.50 bits per heavy atom. The van der Waals surface area contributed by atoms with Crippen LogP contribution in [-0.4, -0.2) is 41.5 Å². The van der Waals surface area contributed by atoms with Crippen LogP contribution in [0.4, 0.5) is 0 Å². The minimum absolute atomic E-state index is 0.00186. The summed E-state index contributed by atoms with van der Waals surface area (Å²) in [6.45, 7) is 0. The maximum Gasteiger partial charge on any atom is 0.264 e. The highest BCUT2D eigenvalue weighted by Crippen LogP contribution is 2.12. The van der Waals surface area contributed by atoms with Crippen molar-refractivity contribution in [1.29, 1.82) is 0 Å². The van der Waals surface area contributed by atoms with Crippen LogP contribution in [0.1, 0.15) is 5.56 Å². The first-order chi connectivity index (χ1) is 8.37. The Hall–Kier alpha value is -1.74. The molecule has 0 spiro atoms. The molecule has 1 aromatic rings. The first-order valence-electron chi connectivity index (χ1n) is 4.87. The van der Waals surface area contributed by atoms with Crippen molar-refractivity contribution in [2.45, 2.75) is 6.04 Å². The molecule has 0 aromatic carbocycles. The fourth-order valence-electron chi connectivity index (χ4n) is 1.43. The molecular formula is C9H9N3O4S2. The van der Waals surface area contributed by atoms with Crippen LogP contribution in [0.2, 0.25) is 0 Å². The van der Waals surface area contributed by atoms with E-state index in [2.05, 4.69) is 27.2 Å². The Kier molecular flexibility index (Phi) is 3.18. The molecule has 96 valence electrons. The number of nitrogens with one attached hydrogen (secondary N) is 2. The highest BCUT2D eigenvalue weighted by Gasteiger charge is 2.20. The fourth-order valence-corrected chi connectivity index (χ4v) is 2.82. The minimum Gasteiger partial charge on any atom is -0.494 e. The SMILES string of the molecule is O=c1[nH]c(=S)[nH]c(O)c1C=N[C@@H]1C=CS(=O)(=O)C1. The molecular weight excluding hydrogens is 278 g/mol. The van der Waals surface area contributed by atoms with E-state index in [9.17, 15) is 18.3 Å². The number of aliphatic imine (C=N–C) groups is 1. The van der Waals surface area contributed by atoms with Crippen LogP contribution in [0, 0.1) is 4.77 Å². The van der Waals surface area contributed by atoms with Crippen LogP contribution in [-0.2, 0) is 9.84 Å². The Labute approximate surface area is 107 Å². The van der Waals surface area contributed by atoms with E-state index in [-0.39, 0.29) is 16.1 Å². The molecule has 0 saturated heterocycles. The Balaban J connectivity index is 2.29. The first-order valence-corrected chi connectivity index (χ1v) is 6.99. The number of aromatic hydroxyl groups is 1. The van der Waals surface area contributed by atoms with E-state index < -0.39 is 27.3 Å². The molecule has 1 atom stereocenters. The lowest BCUT2D eigenvalue weighted by molar-refractivity contribution is 0.449. The summed E-state index contributed by atoms with van der Waals surface area (Å²) in [5.74, 6) is -0.539. The van der Waals surface area contributed by atoms with Crippen molar-refractivity contribution < 1.29 is 13.5 Å².